The molecule has 25 heavy (non-hydrogen) atoms. The van der Waals surface area contributed by atoms with Crippen LogP contribution in [-0.4, -0.2) is 51.6 Å². The predicted molar refractivity (Wildman–Crippen MR) is 102 cm³/mol. The molecule has 3 aromatic rings. The lowest BCUT2D eigenvalue weighted by Gasteiger charge is -2.34. The summed E-state index contributed by atoms with van der Waals surface area (Å²) in [5.41, 5.74) is 4.31. The molecule has 3 heterocycles. The van der Waals surface area contributed by atoms with Crippen molar-refractivity contribution >= 4 is 44.1 Å². The van der Waals surface area contributed by atoms with Gasteiger partial charge in [-0.1, -0.05) is 21.9 Å². The molecule has 1 fully saturated rings. The van der Waals surface area contributed by atoms with Crippen LogP contribution in [0.5, 0.6) is 0 Å². The van der Waals surface area contributed by atoms with Crippen LogP contribution in [0.15, 0.2) is 12.1 Å². The second-order valence-electron chi connectivity index (χ2n) is 6.39. The summed E-state index contributed by atoms with van der Waals surface area (Å²) in [5, 5.41) is 4.98. The van der Waals surface area contributed by atoms with Crippen LogP contribution in [0.4, 0.5) is 5.13 Å². The van der Waals surface area contributed by atoms with Gasteiger partial charge in [0.25, 0.3) is 5.91 Å². The van der Waals surface area contributed by atoms with Crippen LogP contribution in [0.2, 0.25) is 0 Å². The number of carbonyl (C=O) groups excluding carboxylic acids is 1. The predicted octanol–water partition coefficient (Wildman–Crippen LogP) is 3.04. The largest absolute Gasteiger partial charge is 0.345 e. The zero-order valence-corrected chi connectivity index (χ0v) is 16.1. The maximum atomic E-state index is 12.6. The Labute approximate surface area is 154 Å². The van der Waals surface area contributed by atoms with Gasteiger partial charge in [0, 0.05) is 26.2 Å². The Kier molecular flexibility index (Phi) is 4.16. The van der Waals surface area contributed by atoms with Gasteiger partial charge in [-0.25, -0.2) is 4.98 Å². The lowest BCUT2D eigenvalue weighted by molar-refractivity contribution is 0.0750. The van der Waals surface area contributed by atoms with Crippen LogP contribution in [0.1, 0.15) is 26.5 Å². The minimum absolute atomic E-state index is 0.0444. The topological polar surface area (TPSA) is 62.2 Å². The average Bonchev–Trinajstić information content (AvgIpc) is 3.20. The summed E-state index contributed by atoms with van der Waals surface area (Å²) in [6.45, 7) is 9.07. The number of nitrogens with zero attached hydrogens (tertiary/aromatic N) is 5. The number of aryl methyl sites for hydroxylation is 3. The van der Waals surface area contributed by atoms with Crippen molar-refractivity contribution < 1.29 is 4.79 Å². The summed E-state index contributed by atoms with van der Waals surface area (Å²) >= 11 is 2.92. The van der Waals surface area contributed by atoms with Crippen LogP contribution in [0.3, 0.4) is 0 Å². The van der Waals surface area contributed by atoms with E-state index in [0.29, 0.717) is 18.0 Å². The lowest BCUT2D eigenvalue weighted by Crippen LogP contribution is -2.48. The van der Waals surface area contributed by atoms with Gasteiger partial charge in [0.1, 0.15) is 4.88 Å². The molecule has 130 valence electrons. The van der Waals surface area contributed by atoms with Gasteiger partial charge in [0.2, 0.25) is 0 Å². The fourth-order valence-electron chi connectivity index (χ4n) is 3.17. The highest BCUT2D eigenvalue weighted by atomic mass is 32.1. The number of amides is 1. The van der Waals surface area contributed by atoms with Crippen LogP contribution in [-0.2, 0) is 0 Å². The number of thiazole rings is 1. The normalized spacial score (nSPS) is 15.2. The number of aromatic nitrogens is 3. The Morgan fingerprint density at radius 3 is 2.56 bits per heavy atom. The van der Waals surface area contributed by atoms with Gasteiger partial charge in [0.15, 0.2) is 5.13 Å². The third-order valence-corrected chi connectivity index (χ3v) is 6.58. The molecule has 4 rings (SSSR count). The minimum Gasteiger partial charge on any atom is -0.345 e. The van der Waals surface area contributed by atoms with Crippen LogP contribution >= 0.6 is 22.9 Å². The van der Waals surface area contributed by atoms with Crippen molar-refractivity contribution in [3.63, 3.8) is 0 Å². The van der Waals surface area contributed by atoms with Gasteiger partial charge in [0.05, 0.1) is 15.9 Å². The average molecular weight is 374 g/mol. The van der Waals surface area contributed by atoms with E-state index in [0.717, 1.165) is 29.4 Å². The molecule has 0 saturated carbocycles. The Morgan fingerprint density at radius 1 is 1.12 bits per heavy atom. The van der Waals surface area contributed by atoms with Crippen molar-refractivity contribution in [3.8, 4) is 0 Å². The summed E-state index contributed by atoms with van der Waals surface area (Å²) in [6.07, 6.45) is 0. The number of carbonyl (C=O) groups is 1. The number of rotatable bonds is 2. The van der Waals surface area contributed by atoms with E-state index in [-0.39, 0.29) is 5.91 Å². The zero-order valence-electron chi connectivity index (χ0n) is 14.4. The summed E-state index contributed by atoms with van der Waals surface area (Å²) in [6, 6.07) is 4.34. The molecule has 0 spiro atoms. The standard InChI is InChI=1S/C17H19N5OS2/c1-10-8-11(2)14-13(9-10)18-17(24-14)22-6-4-21(5-7-22)16(23)15-12(3)19-20-25-15/h8-9H,4-7H2,1-3H3. The van der Waals surface area contributed by atoms with Gasteiger partial charge in [-0.15, -0.1) is 5.10 Å². The van der Waals surface area contributed by atoms with Crippen molar-refractivity contribution in [2.75, 3.05) is 31.1 Å². The number of anilines is 1. The van der Waals surface area contributed by atoms with Gasteiger partial charge < -0.3 is 9.80 Å². The van der Waals surface area contributed by atoms with Crippen molar-refractivity contribution in [3.05, 3.63) is 33.8 Å². The number of piperazine rings is 1. The highest BCUT2D eigenvalue weighted by molar-refractivity contribution is 7.22. The van der Waals surface area contributed by atoms with Crippen molar-refractivity contribution in [2.24, 2.45) is 0 Å². The Morgan fingerprint density at radius 2 is 1.88 bits per heavy atom. The first-order valence-electron chi connectivity index (χ1n) is 8.24. The molecule has 0 aliphatic carbocycles. The molecule has 6 nitrogen and oxygen atoms in total. The van der Waals surface area contributed by atoms with E-state index in [1.807, 2.05) is 11.8 Å². The summed E-state index contributed by atoms with van der Waals surface area (Å²) < 4.78 is 5.12. The lowest BCUT2D eigenvalue weighted by atomic mass is 10.1. The van der Waals surface area contributed by atoms with Gasteiger partial charge in [-0.3, -0.25) is 4.79 Å². The van der Waals surface area contributed by atoms with Crippen LogP contribution in [0, 0.1) is 20.8 Å². The van der Waals surface area contributed by atoms with E-state index >= 15 is 0 Å². The van der Waals surface area contributed by atoms with Crippen molar-refractivity contribution in [1.82, 2.24) is 19.5 Å². The molecular formula is C17H19N5OS2. The fourth-order valence-corrected chi connectivity index (χ4v) is 4.86. The molecule has 0 radical (unpaired) electrons. The third kappa shape index (κ3) is 3.00. The van der Waals surface area contributed by atoms with E-state index in [9.17, 15) is 4.79 Å². The molecule has 0 unspecified atom stereocenters. The number of hydrogen-bond acceptors (Lipinski definition) is 7. The fraction of sp³-hybridized carbons (Fsp3) is 0.412. The molecule has 2 aromatic heterocycles. The second kappa shape index (κ2) is 6.34. The summed E-state index contributed by atoms with van der Waals surface area (Å²) in [7, 11) is 0. The monoisotopic (exact) mass is 373 g/mol. The number of benzene rings is 1. The van der Waals surface area contributed by atoms with E-state index in [2.05, 4.69) is 40.5 Å². The highest BCUT2D eigenvalue weighted by Gasteiger charge is 2.26. The van der Waals surface area contributed by atoms with Gasteiger partial charge in [-0.2, -0.15) is 0 Å². The summed E-state index contributed by atoms with van der Waals surface area (Å²) in [5.74, 6) is 0.0444. The highest BCUT2D eigenvalue weighted by Crippen LogP contribution is 2.32. The van der Waals surface area contributed by atoms with Crippen LogP contribution in [0.25, 0.3) is 10.2 Å². The zero-order chi connectivity index (χ0) is 17.6. The molecular weight excluding hydrogens is 354 g/mol. The SMILES string of the molecule is Cc1cc(C)c2sc(N3CCN(C(=O)c4snnc4C)CC3)nc2c1. The van der Waals surface area contributed by atoms with E-state index in [4.69, 9.17) is 4.98 Å². The van der Waals surface area contributed by atoms with Crippen molar-refractivity contribution in [2.45, 2.75) is 20.8 Å². The molecule has 1 aliphatic heterocycles. The van der Waals surface area contributed by atoms with Gasteiger partial charge >= 0.3 is 0 Å². The Bertz CT molecular complexity index is 940. The second-order valence-corrected chi connectivity index (χ2v) is 8.12. The number of fused-ring (bicyclic) bond motifs is 1. The van der Waals surface area contributed by atoms with Gasteiger partial charge in [-0.05, 0) is 49.5 Å². The molecule has 1 aliphatic rings. The Balaban J connectivity index is 1.49. The smallest absolute Gasteiger partial charge is 0.267 e. The van der Waals surface area contributed by atoms with E-state index < -0.39 is 0 Å². The van der Waals surface area contributed by atoms with Crippen molar-refractivity contribution in [1.29, 1.82) is 0 Å². The van der Waals surface area contributed by atoms with Crippen LogP contribution < -0.4 is 4.90 Å². The Hall–Kier alpha value is -2.06. The summed E-state index contributed by atoms with van der Waals surface area (Å²) in [4.78, 5) is 22.2. The molecule has 0 atom stereocenters. The molecule has 0 bridgehead atoms. The quantitative estimate of drug-likeness (QED) is 0.691. The molecule has 1 saturated heterocycles. The first-order chi connectivity index (χ1) is 12.0. The van der Waals surface area contributed by atoms with E-state index in [1.165, 1.54) is 27.4 Å². The molecule has 8 heteroatoms. The maximum absolute atomic E-state index is 12.6. The molecule has 1 aromatic carbocycles. The maximum Gasteiger partial charge on any atom is 0.267 e. The first-order valence-corrected chi connectivity index (χ1v) is 9.83. The molecule has 1 amide bonds. The number of hydrogen-bond donors (Lipinski definition) is 0. The molecule has 0 N–H and O–H groups in total. The van der Waals surface area contributed by atoms with E-state index in [1.54, 1.807) is 11.3 Å². The minimum atomic E-state index is 0.0444. The first kappa shape index (κ1) is 16.4. The third-order valence-electron chi connectivity index (χ3n) is 4.49.